The zero-order valence-corrected chi connectivity index (χ0v) is 10.4. The van der Waals surface area contributed by atoms with E-state index in [4.69, 9.17) is 4.74 Å². The molecule has 3 saturated heterocycles. The number of fused-ring (bicyclic) bond motifs is 1. The molecule has 0 unspecified atom stereocenters. The number of nitrogens with zero attached hydrogens (tertiary/aromatic N) is 1. The molecule has 3 heterocycles. The summed E-state index contributed by atoms with van der Waals surface area (Å²) in [5, 5.41) is 3.32. The number of likely N-dealkylation sites (tertiary alicyclic amines) is 1. The Hall–Kier alpha value is -0.610. The van der Waals surface area contributed by atoms with E-state index >= 15 is 0 Å². The van der Waals surface area contributed by atoms with Crippen LogP contribution in [0.4, 0.5) is 0 Å². The Labute approximate surface area is 103 Å². The third kappa shape index (κ3) is 2.33. The molecular formula is C13H22N2O2. The van der Waals surface area contributed by atoms with Gasteiger partial charge in [-0.1, -0.05) is 0 Å². The molecule has 0 spiro atoms. The first-order valence-electron chi connectivity index (χ1n) is 6.92. The first-order chi connectivity index (χ1) is 8.34. The van der Waals surface area contributed by atoms with Crippen LogP contribution in [-0.2, 0) is 9.53 Å². The highest BCUT2D eigenvalue weighted by Gasteiger charge is 2.37. The van der Waals surface area contributed by atoms with Crippen molar-refractivity contribution in [3.63, 3.8) is 0 Å². The van der Waals surface area contributed by atoms with Crippen LogP contribution < -0.4 is 5.32 Å². The van der Waals surface area contributed by atoms with E-state index in [9.17, 15) is 4.79 Å². The Balaban J connectivity index is 1.58. The van der Waals surface area contributed by atoms with E-state index in [1.54, 1.807) is 0 Å². The topological polar surface area (TPSA) is 41.6 Å². The van der Waals surface area contributed by atoms with Crippen molar-refractivity contribution in [1.82, 2.24) is 10.2 Å². The van der Waals surface area contributed by atoms with E-state index in [1.807, 2.05) is 0 Å². The van der Waals surface area contributed by atoms with E-state index in [0.717, 1.165) is 58.7 Å². The average molecular weight is 238 g/mol. The predicted molar refractivity (Wildman–Crippen MR) is 64.6 cm³/mol. The molecule has 1 amide bonds. The van der Waals surface area contributed by atoms with Gasteiger partial charge in [0.05, 0.1) is 6.61 Å². The number of ether oxygens (including phenoxy) is 1. The van der Waals surface area contributed by atoms with Crippen molar-refractivity contribution in [3.05, 3.63) is 0 Å². The third-order valence-electron chi connectivity index (χ3n) is 4.56. The minimum absolute atomic E-state index is 0.273. The summed E-state index contributed by atoms with van der Waals surface area (Å²) < 4.78 is 5.52. The predicted octanol–water partition coefficient (Wildman–Crippen LogP) is 0.481. The van der Waals surface area contributed by atoms with Gasteiger partial charge in [-0.3, -0.25) is 4.79 Å². The second kappa shape index (κ2) is 4.94. The van der Waals surface area contributed by atoms with Crippen molar-refractivity contribution in [2.24, 2.45) is 17.8 Å². The fourth-order valence-corrected chi connectivity index (χ4v) is 3.39. The van der Waals surface area contributed by atoms with Gasteiger partial charge < -0.3 is 15.0 Å². The first kappa shape index (κ1) is 11.5. The van der Waals surface area contributed by atoms with Crippen molar-refractivity contribution in [2.45, 2.75) is 19.3 Å². The van der Waals surface area contributed by atoms with E-state index < -0.39 is 0 Å². The van der Waals surface area contributed by atoms with Gasteiger partial charge in [0.2, 0.25) is 5.91 Å². The Morgan fingerprint density at radius 1 is 1.12 bits per heavy atom. The van der Waals surface area contributed by atoms with Gasteiger partial charge in [-0.15, -0.1) is 0 Å². The summed E-state index contributed by atoms with van der Waals surface area (Å²) in [7, 11) is 0. The highest BCUT2D eigenvalue weighted by Crippen LogP contribution is 2.30. The Morgan fingerprint density at radius 3 is 2.71 bits per heavy atom. The maximum atomic E-state index is 12.4. The summed E-state index contributed by atoms with van der Waals surface area (Å²) >= 11 is 0. The second-order valence-electron chi connectivity index (χ2n) is 5.65. The van der Waals surface area contributed by atoms with Gasteiger partial charge in [-0.2, -0.15) is 0 Å². The van der Waals surface area contributed by atoms with Crippen LogP contribution in [0.3, 0.4) is 0 Å². The fourth-order valence-electron chi connectivity index (χ4n) is 3.39. The molecule has 0 saturated carbocycles. The van der Waals surface area contributed by atoms with Crippen LogP contribution in [-0.4, -0.2) is 50.2 Å². The molecule has 0 bridgehead atoms. The molecule has 2 atom stereocenters. The number of amides is 1. The van der Waals surface area contributed by atoms with Crippen LogP contribution >= 0.6 is 0 Å². The largest absolute Gasteiger partial charge is 0.381 e. The summed E-state index contributed by atoms with van der Waals surface area (Å²) in [6.45, 7) is 5.67. The molecule has 96 valence electrons. The maximum Gasteiger partial charge on any atom is 0.225 e. The normalized spacial score (nSPS) is 34.7. The Bertz CT molecular complexity index is 289. The van der Waals surface area contributed by atoms with Crippen molar-refractivity contribution < 1.29 is 9.53 Å². The van der Waals surface area contributed by atoms with Gasteiger partial charge in [0.1, 0.15) is 0 Å². The molecule has 3 fully saturated rings. The molecule has 0 aliphatic carbocycles. The number of hydrogen-bond donors (Lipinski definition) is 1. The van der Waals surface area contributed by atoms with Gasteiger partial charge in [-0.25, -0.2) is 0 Å². The van der Waals surface area contributed by atoms with Gasteiger partial charge in [0.25, 0.3) is 0 Å². The summed E-state index contributed by atoms with van der Waals surface area (Å²) in [6, 6.07) is 0. The van der Waals surface area contributed by atoms with Crippen molar-refractivity contribution in [2.75, 3.05) is 39.4 Å². The highest BCUT2D eigenvalue weighted by molar-refractivity contribution is 5.79. The number of piperidine rings is 2. The molecule has 0 radical (unpaired) electrons. The standard InChI is InChI=1S/C13H22N2O2/c16-13(10-1-4-14-5-2-10)15-6-3-11-8-17-9-12(11)7-15/h10-12,14H,1-9H2/t11-,12+/m0/s1. The zero-order chi connectivity index (χ0) is 11.7. The average Bonchev–Trinajstić information content (AvgIpc) is 2.86. The lowest BCUT2D eigenvalue weighted by molar-refractivity contribution is -0.138. The quantitative estimate of drug-likeness (QED) is 0.722. The summed E-state index contributed by atoms with van der Waals surface area (Å²) in [5.41, 5.74) is 0. The fraction of sp³-hybridized carbons (Fsp3) is 0.923. The van der Waals surface area contributed by atoms with Crippen molar-refractivity contribution >= 4 is 5.91 Å². The van der Waals surface area contributed by atoms with Crippen LogP contribution in [0.15, 0.2) is 0 Å². The lowest BCUT2D eigenvalue weighted by Gasteiger charge is -2.36. The summed E-state index contributed by atoms with van der Waals surface area (Å²) in [4.78, 5) is 14.5. The summed E-state index contributed by atoms with van der Waals surface area (Å²) in [5.74, 6) is 1.99. The molecule has 17 heavy (non-hydrogen) atoms. The molecule has 0 aromatic carbocycles. The summed E-state index contributed by atoms with van der Waals surface area (Å²) in [6.07, 6.45) is 3.17. The zero-order valence-electron chi connectivity index (χ0n) is 10.4. The number of nitrogens with one attached hydrogen (secondary N) is 1. The SMILES string of the molecule is O=C(C1CCNCC1)N1CC[C@H]2COC[C@H]2C1. The van der Waals surface area contributed by atoms with Crippen molar-refractivity contribution in [1.29, 1.82) is 0 Å². The number of rotatable bonds is 1. The molecule has 4 nitrogen and oxygen atoms in total. The van der Waals surface area contributed by atoms with E-state index in [1.165, 1.54) is 0 Å². The lowest BCUT2D eigenvalue weighted by Crippen LogP contribution is -2.47. The van der Waals surface area contributed by atoms with E-state index in [-0.39, 0.29) is 5.92 Å². The molecule has 3 rings (SSSR count). The van der Waals surface area contributed by atoms with Crippen LogP contribution in [0.1, 0.15) is 19.3 Å². The van der Waals surface area contributed by atoms with Crippen LogP contribution in [0.25, 0.3) is 0 Å². The minimum Gasteiger partial charge on any atom is -0.381 e. The van der Waals surface area contributed by atoms with Crippen molar-refractivity contribution in [3.8, 4) is 0 Å². The molecule has 0 aromatic heterocycles. The molecule has 0 aromatic rings. The van der Waals surface area contributed by atoms with E-state index in [0.29, 0.717) is 17.7 Å². The second-order valence-corrected chi connectivity index (χ2v) is 5.65. The van der Waals surface area contributed by atoms with E-state index in [2.05, 4.69) is 10.2 Å². The number of carbonyl (C=O) groups excluding carboxylic acids is 1. The van der Waals surface area contributed by atoms with Gasteiger partial charge in [-0.05, 0) is 38.3 Å². The van der Waals surface area contributed by atoms with Gasteiger partial charge >= 0.3 is 0 Å². The number of hydrogen-bond acceptors (Lipinski definition) is 3. The molecule has 1 N–H and O–H groups in total. The monoisotopic (exact) mass is 238 g/mol. The maximum absolute atomic E-state index is 12.4. The highest BCUT2D eigenvalue weighted by atomic mass is 16.5. The minimum atomic E-state index is 0.273. The van der Waals surface area contributed by atoms with Crippen LogP contribution in [0.5, 0.6) is 0 Å². The van der Waals surface area contributed by atoms with Crippen LogP contribution in [0.2, 0.25) is 0 Å². The number of carbonyl (C=O) groups is 1. The van der Waals surface area contributed by atoms with Crippen LogP contribution in [0, 0.1) is 17.8 Å². The smallest absolute Gasteiger partial charge is 0.225 e. The third-order valence-corrected chi connectivity index (χ3v) is 4.56. The van der Waals surface area contributed by atoms with Gasteiger partial charge in [0, 0.05) is 31.5 Å². The van der Waals surface area contributed by atoms with Gasteiger partial charge in [0.15, 0.2) is 0 Å². The molecule has 4 heteroatoms. The molecule has 3 aliphatic heterocycles. The first-order valence-corrected chi connectivity index (χ1v) is 6.92. The Kier molecular flexibility index (Phi) is 3.34. The Morgan fingerprint density at radius 2 is 1.88 bits per heavy atom. The molecular weight excluding hydrogens is 216 g/mol. The molecule has 3 aliphatic rings. The lowest BCUT2D eigenvalue weighted by atomic mass is 9.87.